The van der Waals surface area contributed by atoms with Crippen molar-refractivity contribution < 1.29 is 18.7 Å². The van der Waals surface area contributed by atoms with Gasteiger partial charge in [0.2, 0.25) is 0 Å². The van der Waals surface area contributed by atoms with Gasteiger partial charge in [0.1, 0.15) is 11.6 Å². The predicted octanol–water partition coefficient (Wildman–Crippen LogP) is 2.19. The maximum absolute atomic E-state index is 13.1. The van der Waals surface area contributed by atoms with Gasteiger partial charge in [-0.05, 0) is 30.3 Å². The number of Topliss-reactive ketones (excluding diaryl/α,β-unsaturated/α-hetero) is 1. The Balaban J connectivity index is 1.78. The number of carbonyl (C=O) groups excluding carboxylic acids is 2. The van der Waals surface area contributed by atoms with Crippen LogP contribution in [0.15, 0.2) is 42.7 Å². The van der Waals surface area contributed by atoms with Gasteiger partial charge in [-0.15, -0.1) is 0 Å². The van der Waals surface area contributed by atoms with Crippen LogP contribution in [-0.4, -0.2) is 22.8 Å². The van der Waals surface area contributed by atoms with E-state index in [1.54, 1.807) is 24.5 Å². The normalized spacial score (nSPS) is 16.8. The maximum Gasteiger partial charge on any atom is 0.265 e. The van der Waals surface area contributed by atoms with Crippen molar-refractivity contribution in [3.05, 3.63) is 54.1 Å². The lowest BCUT2D eigenvalue weighted by molar-refractivity contribution is -0.122. The molecule has 1 atom stereocenters. The van der Waals surface area contributed by atoms with E-state index in [9.17, 15) is 14.0 Å². The molecule has 1 aromatic carbocycles. The van der Waals surface area contributed by atoms with Crippen molar-refractivity contribution in [2.45, 2.75) is 12.5 Å². The van der Waals surface area contributed by atoms with Crippen molar-refractivity contribution in [3.8, 4) is 5.75 Å². The molecule has 0 bridgehead atoms. The average Bonchev–Trinajstić information content (AvgIpc) is 2.49. The maximum atomic E-state index is 13.1. The van der Waals surface area contributed by atoms with E-state index < -0.39 is 17.8 Å². The Hall–Kier alpha value is -2.76. The molecule has 0 radical (unpaired) electrons. The number of fused-ring (bicyclic) bond motifs is 1. The standard InChI is InChI=1S/C15H11FN2O3/c16-9-1-2-13-11(7-9)12(19)8-14(21-13)15(20)18-10-3-5-17-6-4-10/h1-7,14H,8H2,(H,17,18,20)/t14-/m1/s1. The van der Waals surface area contributed by atoms with Gasteiger partial charge in [0, 0.05) is 18.1 Å². The fourth-order valence-electron chi connectivity index (χ4n) is 2.10. The molecule has 1 amide bonds. The Morgan fingerprint density at radius 3 is 2.81 bits per heavy atom. The number of pyridine rings is 1. The number of ether oxygens (including phenoxy) is 1. The third-order valence-corrected chi connectivity index (χ3v) is 3.12. The molecule has 21 heavy (non-hydrogen) atoms. The molecular formula is C15H11FN2O3. The summed E-state index contributed by atoms with van der Waals surface area (Å²) in [4.78, 5) is 27.9. The zero-order valence-corrected chi connectivity index (χ0v) is 10.9. The molecule has 2 heterocycles. The van der Waals surface area contributed by atoms with Crippen LogP contribution < -0.4 is 10.1 Å². The van der Waals surface area contributed by atoms with Crippen molar-refractivity contribution in [2.24, 2.45) is 0 Å². The number of carbonyl (C=O) groups is 2. The summed E-state index contributed by atoms with van der Waals surface area (Å²) >= 11 is 0. The van der Waals surface area contributed by atoms with Gasteiger partial charge >= 0.3 is 0 Å². The van der Waals surface area contributed by atoms with Crippen LogP contribution >= 0.6 is 0 Å². The van der Waals surface area contributed by atoms with Gasteiger partial charge in [-0.2, -0.15) is 0 Å². The Labute approximate surface area is 119 Å². The van der Waals surface area contributed by atoms with Crippen LogP contribution in [0.4, 0.5) is 10.1 Å². The van der Waals surface area contributed by atoms with Crippen LogP contribution in [-0.2, 0) is 4.79 Å². The molecule has 0 fully saturated rings. The number of halogens is 1. The molecule has 1 N–H and O–H groups in total. The summed E-state index contributed by atoms with van der Waals surface area (Å²) in [5, 5.41) is 2.64. The summed E-state index contributed by atoms with van der Waals surface area (Å²) in [7, 11) is 0. The van der Waals surface area contributed by atoms with Crippen LogP contribution in [0, 0.1) is 5.82 Å². The number of benzene rings is 1. The van der Waals surface area contributed by atoms with E-state index in [0.717, 1.165) is 6.07 Å². The number of nitrogens with one attached hydrogen (secondary N) is 1. The summed E-state index contributed by atoms with van der Waals surface area (Å²) < 4.78 is 18.6. The van der Waals surface area contributed by atoms with E-state index >= 15 is 0 Å². The Morgan fingerprint density at radius 2 is 2.05 bits per heavy atom. The van der Waals surface area contributed by atoms with Crippen LogP contribution in [0.25, 0.3) is 0 Å². The Bertz CT molecular complexity index is 703. The summed E-state index contributed by atoms with van der Waals surface area (Å²) in [6.07, 6.45) is 2.04. The van der Waals surface area contributed by atoms with E-state index in [0.29, 0.717) is 5.69 Å². The number of ketones is 1. The van der Waals surface area contributed by atoms with E-state index in [-0.39, 0.29) is 23.5 Å². The average molecular weight is 286 g/mol. The first kappa shape index (κ1) is 13.2. The summed E-state index contributed by atoms with van der Waals surface area (Å²) in [5.74, 6) is -1.02. The van der Waals surface area contributed by atoms with Crippen molar-refractivity contribution in [2.75, 3.05) is 5.32 Å². The molecular weight excluding hydrogens is 275 g/mol. The topological polar surface area (TPSA) is 68.3 Å². The second kappa shape index (κ2) is 5.32. The molecule has 106 valence electrons. The largest absolute Gasteiger partial charge is 0.479 e. The van der Waals surface area contributed by atoms with Gasteiger partial charge in [0.25, 0.3) is 5.91 Å². The number of nitrogens with zero attached hydrogens (tertiary/aromatic N) is 1. The van der Waals surface area contributed by atoms with Crippen molar-refractivity contribution in [1.82, 2.24) is 4.98 Å². The highest BCUT2D eigenvalue weighted by Crippen LogP contribution is 2.28. The third-order valence-electron chi connectivity index (χ3n) is 3.12. The number of hydrogen-bond donors (Lipinski definition) is 1. The molecule has 1 aromatic heterocycles. The van der Waals surface area contributed by atoms with Gasteiger partial charge in [-0.25, -0.2) is 4.39 Å². The molecule has 3 rings (SSSR count). The summed E-state index contributed by atoms with van der Waals surface area (Å²) in [5.41, 5.74) is 0.735. The number of hydrogen-bond acceptors (Lipinski definition) is 4. The monoisotopic (exact) mass is 286 g/mol. The van der Waals surface area contributed by atoms with Crippen LogP contribution in [0.3, 0.4) is 0 Å². The van der Waals surface area contributed by atoms with Gasteiger partial charge < -0.3 is 10.1 Å². The minimum Gasteiger partial charge on any atom is -0.479 e. The third kappa shape index (κ3) is 2.74. The first-order valence-electron chi connectivity index (χ1n) is 6.34. The summed E-state index contributed by atoms with van der Waals surface area (Å²) in [6.45, 7) is 0. The number of amides is 1. The molecule has 1 aliphatic heterocycles. The Kier molecular flexibility index (Phi) is 3.35. The quantitative estimate of drug-likeness (QED) is 0.919. The van der Waals surface area contributed by atoms with Gasteiger partial charge in [-0.3, -0.25) is 14.6 Å². The van der Waals surface area contributed by atoms with E-state index in [2.05, 4.69) is 10.3 Å². The van der Waals surface area contributed by atoms with E-state index in [4.69, 9.17) is 4.74 Å². The number of anilines is 1. The minimum atomic E-state index is -0.927. The molecule has 0 unspecified atom stereocenters. The fraction of sp³-hybridized carbons (Fsp3) is 0.133. The number of rotatable bonds is 2. The molecule has 0 saturated carbocycles. The van der Waals surface area contributed by atoms with Gasteiger partial charge in [0.15, 0.2) is 11.9 Å². The lowest BCUT2D eigenvalue weighted by atomic mass is 10.00. The molecule has 5 nitrogen and oxygen atoms in total. The smallest absolute Gasteiger partial charge is 0.265 e. The van der Waals surface area contributed by atoms with E-state index in [1.807, 2.05) is 0 Å². The second-order valence-electron chi connectivity index (χ2n) is 4.60. The van der Waals surface area contributed by atoms with E-state index in [1.165, 1.54) is 12.1 Å². The predicted molar refractivity (Wildman–Crippen MR) is 72.6 cm³/mol. The first-order valence-corrected chi connectivity index (χ1v) is 6.34. The highest BCUT2D eigenvalue weighted by molar-refractivity contribution is 6.05. The van der Waals surface area contributed by atoms with Crippen molar-refractivity contribution >= 4 is 17.4 Å². The number of aromatic nitrogens is 1. The van der Waals surface area contributed by atoms with Crippen LogP contribution in [0.2, 0.25) is 0 Å². The highest BCUT2D eigenvalue weighted by Gasteiger charge is 2.31. The second-order valence-corrected chi connectivity index (χ2v) is 4.60. The zero-order chi connectivity index (χ0) is 14.8. The lowest BCUT2D eigenvalue weighted by Crippen LogP contribution is -2.38. The zero-order valence-electron chi connectivity index (χ0n) is 10.9. The molecule has 0 spiro atoms. The fourth-order valence-corrected chi connectivity index (χ4v) is 2.10. The van der Waals surface area contributed by atoms with Gasteiger partial charge in [0.05, 0.1) is 12.0 Å². The molecule has 0 aliphatic carbocycles. The van der Waals surface area contributed by atoms with Crippen molar-refractivity contribution in [3.63, 3.8) is 0 Å². The first-order chi connectivity index (χ1) is 10.1. The van der Waals surface area contributed by atoms with Crippen molar-refractivity contribution in [1.29, 1.82) is 0 Å². The van der Waals surface area contributed by atoms with Crippen LogP contribution in [0.1, 0.15) is 16.8 Å². The SMILES string of the molecule is O=C1C[C@H](C(=O)Nc2ccncc2)Oc2ccc(F)cc21. The Morgan fingerprint density at radius 1 is 1.29 bits per heavy atom. The summed E-state index contributed by atoms with van der Waals surface area (Å²) in [6, 6.07) is 6.93. The molecule has 0 saturated heterocycles. The minimum absolute atomic E-state index is 0.118. The van der Waals surface area contributed by atoms with Gasteiger partial charge in [-0.1, -0.05) is 0 Å². The van der Waals surface area contributed by atoms with Crippen LogP contribution in [0.5, 0.6) is 5.75 Å². The molecule has 2 aromatic rings. The molecule has 1 aliphatic rings. The molecule has 6 heteroatoms. The lowest BCUT2D eigenvalue weighted by Gasteiger charge is -2.24. The highest BCUT2D eigenvalue weighted by atomic mass is 19.1.